The number of para-hydroxylation sites is 1. The Morgan fingerprint density at radius 1 is 1.39 bits per heavy atom. The highest BCUT2D eigenvalue weighted by Gasteiger charge is 2.02. The van der Waals surface area contributed by atoms with Gasteiger partial charge in [-0.3, -0.25) is 9.78 Å². The Morgan fingerprint density at radius 3 is 3.06 bits per heavy atom. The molecular formula is C14H16N2O2. The van der Waals surface area contributed by atoms with Gasteiger partial charge in [0.2, 0.25) is 0 Å². The second-order valence-electron chi connectivity index (χ2n) is 4.00. The fraction of sp³-hybridized carbons (Fsp3) is 0.286. The first-order valence-electron chi connectivity index (χ1n) is 6.04. The standard InChI is InChI=1S/C14H16N2O2/c1-2-7-15-14(17)10-18-12-8-11-5-3-4-6-13(11)16-9-12/h3-6,8-9H,2,7,10H2,1H3,(H,15,17). The lowest BCUT2D eigenvalue weighted by molar-refractivity contribution is -0.123. The van der Waals surface area contributed by atoms with E-state index >= 15 is 0 Å². The van der Waals surface area contributed by atoms with E-state index in [1.54, 1.807) is 6.20 Å². The van der Waals surface area contributed by atoms with Gasteiger partial charge in [-0.25, -0.2) is 0 Å². The molecule has 94 valence electrons. The van der Waals surface area contributed by atoms with Gasteiger partial charge in [-0.1, -0.05) is 25.1 Å². The number of carbonyl (C=O) groups excluding carboxylic acids is 1. The summed E-state index contributed by atoms with van der Waals surface area (Å²) in [7, 11) is 0. The van der Waals surface area contributed by atoms with Crippen molar-refractivity contribution in [1.82, 2.24) is 10.3 Å². The Labute approximate surface area is 106 Å². The van der Waals surface area contributed by atoms with Crippen LogP contribution in [0, 0.1) is 0 Å². The molecule has 0 saturated carbocycles. The number of fused-ring (bicyclic) bond motifs is 1. The smallest absolute Gasteiger partial charge is 0.257 e. The molecule has 2 rings (SSSR count). The third kappa shape index (κ3) is 3.20. The van der Waals surface area contributed by atoms with Crippen molar-refractivity contribution >= 4 is 16.8 Å². The van der Waals surface area contributed by atoms with Crippen molar-refractivity contribution in [2.75, 3.05) is 13.2 Å². The van der Waals surface area contributed by atoms with Crippen LogP contribution in [0.15, 0.2) is 36.5 Å². The number of amides is 1. The summed E-state index contributed by atoms with van der Waals surface area (Å²) in [5, 5.41) is 3.76. The molecule has 4 heteroatoms. The molecule has 0 unspecified atom stereocenters. The predicted molar refractivity (Wildman–Crippen MR) is 70.5 cm³/mol. The summed E-state index contributed by atoms with van der Waals surface area (Å²) in [6.07, 6.45) is 2.55. The zero-order valence-electron chi connectivity index (χ0n) is 10.3. The highest BCUT2D eigenvalue weighted by molar-refractivity contribution is 5.80. The van der Waals surface area contributed by atoms with Gasteiger partial charge in [0.25, 0.3) is 5.91 Å². The molecule has 0 fully saturated rings. The van der Waals surface area contributed by atoms with E-state index in [0.717, 1.165) is 17.3 Å². The molecule has 1 N–H and O–H groups in total. The zero-order chi connectivity index (χ0) is 12.8. The molecule has 0 saturated heterocycles. The van der Waals surface area contributed by atoms with Gasteiger partial charge >= 0.3 is 0 Å². The molecule has 0 aliphatic heterocycles. The molecule has 0 bridgehead atoms. The second kappa shape index (κ2) is 6.00. The topological polar surface area (TPSA) is 51.2 Å². The SMILES string of the molecule is CCCNC(=O)COc1cnc2ccccc2c1. The first kappa shape index (κ1) is 12.4. The molecule has 0 aliphatic rings. The number of pyridine rings is 1. The normalized spacial score (nSPS) is 10.3. The van der Waals surface area contributed by atoms with Crippen LogP contribution in [0.2, 0.25) is 0 Å². The van der Waals surface area contributed by atoms with Crippen LogP contribution in [0.5, 0.6) is 5.75 Å². The molecule has 0 spiro atoms. The van der Waals surface area contributed by atoms with Crippen molar-refractivity contribution in [2.45, 2.75) is 13.3 Å². The van der Waals surface area contributed by atoms with Crippen molar-refractivity contribution in [1.29, 1.82) is 0 Å². The van der Waals surface area contributed by atoms with E-state index in [0.29, 0.717) is 12.3 Å². The number of ether oxygens (including phenoxy) is 1. The maximum atomic E-state index is 11.4. The summed E-state index contributed by atoms with van der Waals surface area (Å²) in [5.41, 5.74) is 0.917. The van der Waals surface area contributed by atoms with Crippen LogP contribution in [-0.2, 0) is 4.79 Å². The fourth-order valence-electron chi connectivity index (χ4n) is 1.59. The quantitative estimate of drug-likeness (QED) is 0.876. The molecule has 0 radical (unpaired) electrons. The third-order valence-electron chi connectivity index (χ3n) is 2.51. The number of nitrogens with one attached hydrogen (secondary N) is 1. The van der Waals surface area contributed by atoms with E-state index in [2.05, 4.69) is 10.3 Å². The van der Waals surface area contributed by atoms with E-state index in [1.807, 2.05) is 37.3 Å². The molecule has 4 nitrogen and oxygen atoms in total. The summed E-state index contributed by atoms with van der Waals surface area (Å²) in [4.78, 5) is 15.6. The Morgan fingerprint density at radius 2 is 2.22 bits per heavy atom. The van der Waals surface area contributed by atoms with Gasteiger partial charge in [0.15, 0.2) is 6.61 Å². The molecule has 0 atom stereocenters. The number of benzene rings is 1. The van der Waals surface area contributed by atoms with Crippen LogP contribution in [-0.4, -0.2) is 24.0 Å². The Hall–Kier alpha value is -2.10. The Balaban J connectivity index is 1.97. The van der Waals surface area contributed by atoms with Gasteiger partial charge < -0.3 is 10.1 Å². The minimum atomic E-state index is -0.106. The first-order valence-corrected chi connectivity index (χ1v) is 6.04. The van der Waals surface area contributed by atoms with Crippen LogP contribution in [0.25, 0.3) is 10.9 Å². The largest absolute Gasteiger partial charge is 0.482 e. The summed E-state index contributed by atoms with van der Waals surface area (Å²) in [6.45, 7) is 2.71. The number of hydrogen-bond acceptors (Lipinski definition) is 3. The molecule has 1 amide bonds. The van der Waals surface area contributed by atoms with Crippen LogP contribution in [0.3, 0.4) is 0 Å². The maximum Gasteiger partial charge on any atom is 0.257 e. The fourth-order valence-corrected chi connectivity index (χ4v) is 1.59. The highest BCUT2D eigenvalue weighted by atomic mass is 16.5. The van der Waals surface area contributed by atoms with E-state index in [-0.39, 0.29) is 12.5 Å². The zero-order valence-corrected chi connectivity index (χ0v) is 10.3. The van der Waals surface area contributed by atoms with Crippen LogP contribution >= 0.6 is 0 Å². The molecule has 18 heavy (non-hydrogen) atoms. The van der Waals surface area contributed by atoms with Gasteiger partial charge in [0.1, 0.15) is 5.75 Å². The lowest BCUT2D eigenvalue weighted by atomic mass is 10.2. The Kier molecular flexibility index (Phi) is 4.12. The van der Waals surface area contributed by atoms with E-state index in [9.17, 15) is 4.79 Å². The minimum absolute atomic E-state index is 0.0278. The van der Waals surface area contributed by atoms with Crippen LogP contribution in [0.1, 0.15) is 13.3 Å². The molecule has 1 aromatic carbocycles. The summed E-state index contributed by atoms with van der Waals surface area (Å²) in [5.74, 6) is 0.505. The van der Waals surface area contributed by atoms with Crippen LogP contribution in [0.4, 0.5) is 0 Å². The maximum absolute atomic E-state index is 11.4. The first-order chi connectivity index (χ1) is 8.79. The monoisotopic (exact) mass is 244 g/mol. The second-order valence-corrected chi connectivity index (χ2v) is 4.00. The lowest BCUT2D eigenvalue weighted by Crippen LogP contribution is -2.29. The number of aromatic nitrogens is 1. The summed E-state index contributed by atoms with van der Waals surface area (Å²) in [6, 6.07) is 9.67. The number of carbonyl (C=O) groups is 1. The average Bonchev–Trinajstić information content (AvgIpc) is 2.42. The van der Waals surface area contributed by atoms with Gasteiger partial charge in [0, 0.05) is 11.9 Å². The molecule has 0 aliphatic carbocycles. The van der Waals surface area contributed by atoms with Crippen molar-refractivity contribution in [3.63, 3.8) is 0 Å². The van der Waals surface area contributed by atoms with Gasteiger partial charge in [-0.05, 0) is 18.6 Å². The number of nitrogens with zero attached hydrogens (tertiary/aromatic N) is 1. The van der Waals surface area contributed by atoms with Crippen molar-refractivity contribution in [3.05, 3.63) is 36.5 Å². The minimum Gasteiger partial charge on any atom is -0.482 e. The molecule has 2 aromatic rings. The van der Waals surface area contributed by atoms with E-state index < -0.39 is 0 Å². The lowest BCUT2D eigenvalue weighted by Gasteiger charge is -2.07. The van der Waals surface area contributed by atoms with E-state index in [4.69, 9.17) is 4.74 Å². The predicted octanol–water partition coefficient (Wildman–Crippen LogP) is 2.14. The number of hydrogen-bond donors (Lipinski definition) is 1. The number of rotatable bonds is 5. The van der Waals surface area contributed by atoms with Crippen molar-refractivity contribution in [3.8, 4) is 5.75 Å². The summed E-state index contributed by atoms with van der Waals surface area (Å²) < 4.78 is 5.40. The Bertz CT molecular complexity index is 540. The van der Waals surface area contributed by atoms with Gasteiger partial charge in [-0.2, -0.15) is 0 Å². The van der Waals surface area contributed by atoms with Crippen LogP contribution < -0.4 is 10.1 Å². The third-order valence-corrected chi connectivity index (χ3v) is 2.51. The van der Waals surface area contributed by atoms with Crippen molar-refractivity contribution in [2.24, 2.45) is 0 Å². The van der Waals surface area contributed by atoms with E-state index in [1.165, 1.54) is 0 Å². The van der Waals surface area contributed by atoms with Gasteiger partial charge in [0.05, 0.1) is 11.7 Å². The average molecular weight is 244 g/mol. The van der Waals surface area contributed by atoms with Gasteiger partial charge in [-0.15, -0.1) is 0 Å². The molecule has 1 aromatic heterocycles. The molecule has 1 heterocycles. The highest BCUT2D eigenvalue weighted by Crippen LogP contribution is 2.17. The van der Waals surface area contributed by atoms with Crippen molar-refractivity contribution < 1.29 is 9.53 Å². The summed E-state index contributed by atoms with van der Waals surface area (Å²) >= 11 is 0. The molecular weight excluding hydrogens is 228 g/mol.